The molecule has 4 heterocycles. The molecule has 7 heteroatoms. The fraction of sp³-hybridized carbons (Fsp3) is 0.235. The molecule has 1 saturated heterocycles. The van der Waals surface area contributed by atoms with Crippen LogP contribution in [-0.2, 0) is 0 Å². The summed E-state index contributed by atoms with van der Waals surface area (Å²) in [6, 6.07) is 9.37. The van der Waals surface area contributed by atoms with Crippen molar-refractivity contribution in [1.82, 2.24) is 19.4 Å². The highest BCUT2D eigenvalue weighted by Crippen LogP contribution is 2.17. The average molecular weight is 340 g/mol. The predicted octanol–water partition coefficient (Wildman–Crippen LogP) is 1.99. The standard InChI is InChI=1S/C17H16N4O2S/c22-16(13-12-18-21-6-2-1-4-14(13)21)19-7-9-20(10-8-19)17(23)15-5-3-11-24-15/h1-6,11-12H,7-10H2. The van der Waals surface area contributed by atoms with Crippen LogP contribution in [0.3, 0.4) is 0 Å². The molecule has 4 rings (SSSR count). The Morgan fingerprint density at radius 3 is 2.42 bits per heavy atom. The van der Waals surface area contributed by atoms with Crippen LogP contribution in [0.5, 0.6) is 0 Å². The average Bonchev–Trinajstić information content (AvgIpc) is 3.30. The third-order valence-electron chi connectivity index (χ3n) is 4.24. The van der Waals surface area contributed by atoms with Gasteiger partial charge in [-0.2, -0.15) is 5.10 Å². The van der Waals surface area contributed by atoms with E-state index in [1.165, 1.54) is 11.3 Å². The highest BCUT2D eigenvalue weighted by atomic mass is 32.1. The molecule has 0 N–H and O–H groups in total. The first kappa shape index (κ1) is 14.9. The molecule has 0 bridgehead atoms. The fourth-order valence-corrected chi connectivity index (χ4v) is 3.63. The van der Waals surface area contributed by atoms with Crippen molar-refractivity contribution < 1.29 is 9.59 Å². The SMILES string of the molecule is O=C(c1cccs1)N1CCN(C(=O)c2cnn3ccccc23)CC1. The summed E-state index contributed by atoms with van der Waals surface area (Å²) in [7, 11) is 0. The van der Waals surface area contributed by atoms with E-state index in [2.05, 4.69) is 5.10 Å². The van der Waals surface area contributed by atoms with Gasteiger partial charge in [-0.05, 0) is 23.6 Å². The van der Waals surface area contributed by atoms with E-state index in [1.807, 2.05) is 46.8 Å². The Labute approximate surface area is 142 Å². The van der Waals surface area contributed by atoms with E-state index in [0.717, 1.165) is 10.4 Å². The molecule has 2 amide bonds. The van der Waals surface area contributed by atoms with Crippen molar-refractivity contribution in [1.29, 1.82) is 0 Å². The molecule has 1 fully saturated rings. The predicted molar refractivity (Wildman–Crippen MR) is 91.3 cm³/mol. The number of aromatic nitrogens is 2. The van der Waals surface area contributed by atoms with Crippen molar-refractivity contribution in [3.8, 4) is 0 Å². The number of pyridine rings is 1. The van der Waals surface area contributed by atoms with Gasteiger partial charge in [0.1, 0.15) is 0 Å². The van der Waals surface area contributed by atoms with E-state index in [4.69, 9.17) is 0 Å². The van der Waals surface area contributed by atoms with Gasteiger partial charge in [-0.3, -0.25) is 9.59 Å². The number of carbonyl (C=O) groups excluding carboxylic acids is 2. The van der Waals surface area contributed by atoms with Crippen molar-refractivity contribution in [3.63, 3.8) is 0 Å². The van der Waals surface area contributed by atoms with Crippen LogP contribution in [0.2, 0.25) is 0 Å². The summed E-state index contributed by atoms with van der Waals surface area (Å²) in [5.74, 6) is 0.0208. The van der Waals surface area contributed by atoms with E-state index in [0.29, 0.717) is 31.7 Å². The van der Waals surface area contributed by atoms with Gasteiger partial charge in [-0.1, -0.05) is 12.1 Å². The van der Waals surface area contributed by atoms with Crippen molar-refractivity contribution in [2.45, 2.75) is 0 Å². The van der Waals surface area contributed by atoms with Crippen LogP contribution >= 0.6 is 11.3 Å². The summed E-state index contributed by atoms with van der Waals surface area (Å²) in [5, 5.41) is 6.12. The van der Waals surface area contributed by atoms with Crippen LogP contribution in [0.1, 0.15) is 20.0 Å². The molecular weight excluding hydrogens is 324 g/mol. The second kappa shape index (κ2) is 6.09. The number of rotatable bonds is 2. The van der Waals surface area contributed by atoms with Crippen LogP contribution in [0.25, 0.3) is 5.52 Å². The quantitative estimate of drug-likeness (QED) is 0.717. The molecule has 0 aliphatic carbocycles. The number of hydrogen-bond acceptors (Lipinski definition) is 4. The highest BCUT2D eigenvalue weighted by Gasteiger charge is 2.27. The van der Waals surface area contributed by atoms with Crippen molar-refractivity contribution in [3.05, 3.63) is 58.5 Å². The van der Waals surface area contributed by atoms with E-state index >= 15 is 0 Å². The van der Waals surface area contributed by atoms with E-state index < -0.39 is 0 Å². The lowest BCUT2D eigenvalue weighted by Crippen LogP contribution is -2.50. The normalized spacial score (nSPS) is 15.0. The van der Waals surface area contributed by atoms with Crippen LogP contribution in [0.4, 0.5) is 0 Å². The Bertz CT molecular complexity index is 879. The van der Waals surface area contributed by atoms with Gasteiger partial charge in [0.15, 0.2) is 0 Å². The monoisotopic (exact) mass is 340 g/mol. The van der Waals surface area contributed by atoms with Crippen LogP contribution in [-0.4, -0.2) is 57.4 Å². The maximum absolute atomic E-state index is 12.8. The Kier molecular flexibility index (Phi) is 3.78. The molecule has 0 atom stereocenters. The van der Waals surface area contributed by atoms with Crippen molar-refractivity contribution in [2.75, 3.05) is 26.2 Å². The summed E-state index contributed by atoms with van der Waals surface area (Å²) in [6.07, 6.45) is 3.44. The number of thiophene rings is 1. The number of hydrogen-bond donors (Lipinski definition) is 0. The van der Waals surface area contributed by atoms with Crippen molar-refractivity contribution >= 4 is 28.7 Å². The molecule has 0 radical (unpaired) electrons. The third-order valence-corrected chi connectivity index (χ3v) is 5.10. The second-order valence-corrected chi connectivity index (χ2v) is 6.60. The number of amides is 2. The molecule has 3 aromatic heterocycles. The zero-order chi connectivity index (χ0) is 16.5. The van der Waals surface area contributed by atoms with E-state index in [1.54, 1.807) is 15.6 Å². The molecule has 0 unspecified atom stereocenters. The molecule has 0 aromatic carbocycles. The lowest BCUT2D eigenvalue weighted by atomic mass is 10.2. The van der Waals surface area contributed by atoms with E-state index in [-0.39, 0.29) is 11.8 Å². The molecule has 0 spiro atoms. The minimum absolute atomic E-state index is 0.0283. The zero-order valence-electron chi connectivity index (χ0n) is 13.0. The topological polar surface area (TPSA) is 57.9 Å². The molecule has 6 nitrogen and oxygen atoms in total. The van der Waals surface area contributed by atoms with Crippen LogP contribution < -0.4 is 0 Å². The van der Waals surface area contributed by atoms with Crippen LogP contribution in [0.15, 0.2) is 48.1 Å². The summed E-state index contributed by atoms with van der Waals surface area (Å²) >= 11 is 1.45. The zero-order valence-corrected chi connectivity index (χ0v) is 13.8. The maximum atomic E-state index is 12.8. The first-order valence-corrected chi connectivity index (χ1v) is 8.66. The molecular formula is C17H16N4O2S. The Morgan fingerprint density at radius 1 is 0.958 bits per heavy atom. The van der Waals surface area contributed by atoms with E-state index in [9.17, 15) is 9.59 Å². The molecule has 1 aliphatic heterocycles. The Morgan fingerprint density at radius 2 is 1.71 bits per heavy atom. The first-order valence-electron chi connectivity index (χ1n) is 7.78. The third kappa shape index (κ3) is 2.56. The number of piperazine rings is 1. The van der Waals surface area contributed by atoms with Gasteiger partial charge in [0, 0.05) is 32.4 Å². The lowest BCUT2D eigenvalue weighted by Gasteiger charge is -2.34. The summed E-state index contributed by atoms with van der Waals surface area (Å²) in [5.41, 5.74) is 1.41. The summed E-state index contributed by atoms with van der Waals surface area (Å²) in [4.78, 5) is 29.5. The Balaban J connectivity index is 1.46. The largest absolute Gasteiger partial charge is 0.335 e. The first-order chi connectivity index (χ1) is 11.7. The molecule has 122 valence electrons. The number of fused-ring (bicyclic) bond motifs is 1. The van der Waals surface area contributed by atoms with Gasteiger partial charge in [0.2, 0.25) is 0 Å². The Hall–Kier alpha value is -2.67. The van der Waals surface area contributed by atoms with Crippen molar-refractivity contribution in [2.24, 2.45) is 0 Å². The van der Waals surface area contributed by atoms with Gasteiger partial charge < -0.3 is 9.80 Å². The number of carbonyl (C=O) groups is 2. The molecule has 1 aliphatic rings. The van der Waals surface area contributed by atoms with Gasteiger partial charge in [-0.15, -0.1) is 11.3 Å². The molecule has 24 heavy (non-hydrogen) atoms. The minimum atomic E-state index is -0.0283. The smallest absolute Gasteiger partial charge is 0.264 e. The maximum Gasteiger partial charge on any atom is 0.264 e. The van der Waals surface area contributed by atoms with Gasteiger partial charge in [0.05, 0.1) is 22.2 Å². The fourth-order valence-electron chi connectivity index (χ4n) is 2.94. The van der Waals surface area contributed by atoms with Gasteiger partial charge in [0.25, 0.3) is 11.8 Å². The lowest BCUT2D eigenvalue weighted by molar-refractivity contribution is 0.0539. The molecule has 3 aromatic rings. The van der Waals surface area contributed by atoms with Crippen LogP contribution in [0, 0.1) is 0 Å². The van der Waals surface area contributed by atoms with Gasteiger partial charge >= 0.3 is 0 Å². The summed E-state index contributed by atoms with van der Waals surface area (Å²) in [6.45, 7) is 2.20. The molecule has 0 saturated carbocycles. The van der Waals surface area contributed by atoms with Gasteiger partial charge in [-0.25, -0.2) is 4.52 Å². The highest BCUT2D eigenvalue weighted by molar-refractivity contribution is 7.12. The minimum Gasteiger partial charge on any atom is -0.335 e. The summed E-state index contributed by atoms with van der Waals surface area (Å²) < 4.78 is 1.70. The second-order valence-electron chi connectivity index (χ2n) is 5.65. The number of nitrogens with zero attached hydrogens (tertiary/aromatic N) is 4.